The van der Waals surface area contributed by atoms with Crippen LogP contribution >= 0.6 is 16.1 Å². The summed E-state index contributed by atoms with van der Waals surface area (Å²) in [5, 5.41) is 2.19. The Morgan fingerprint density at radius 1 is 1.13 bits per heavy atom. The Kier molecular flexibility index (Phi) is 2.73. The third-order valence-electron chi connectivity index (χ3n) is 2.25. The summed E-state index contributed by atoms with van der Waals surface area (Å²) in [4.78, 5) is 11.3. The summed E-state index contributed by atoms with van der Waals surface area (Å²) in [5.41, 5.74) is 0.876. The zero-order chi connectivity index (χ0) is 10.8. The van der Waals surface area contributed by atoms with Crippen LogP contribution in [0.1, 0.15) is 6.92 Å². The molecule has 0 aromatic heterocycles. The van der Waals surface area contributed by atoms with E-state index in [2.05, 4.69) is 16.1 Å². The average molecular weight is 264 g/mol. The van der Waals surface area contributed by atoms with E-state index < -0.39 is 0 Å². The molecule has 0 saturated carbocycles. The first-order valence-electron chi connectivity index (χ1n) is 4.64. The van der Waals surface area contributed by atoms with Crippen LogP contribution in [0.3, 0.4) is 0 Å². The van der Waals surface area contributed by atoms with Gasteiger partial charge in [-0.05, 0) is 11.5 Å². The van der Waals surface area contributed by atoms with Crippen LogP contribution in [0.5, 0.6) is 0 Å². The summed E-state index contributed by atoms with van der Waals surface area (Å²) >= 11 is 3.26. The molecule has 0 atom stereocenters. The molecule has 0 radical (unpaired) electrons. The van der Waals surface area contributed by atoms with Crippen LogP contribution in [-0.4, -0.2) is 5.91 Å². The molecule has 2 aromatic carbocycles. The van der Waals surface area contributed by atoms with E-state index >= 15 is 0 Å². The fourth-order valence-electron chi connectivity index (χ4n) is 1.55. The minimum atomic E-state index is -0.0358. The number of nitrogens with zero attached hydrogens (tertiary/aromatic N) is 1. The maximum atomic E-state index is 11.3. The lowest BCUT2D eigenvalue weighted by molar-refractivity contribution is -0.115. The first-order valence-corrected chi connectivity index (χ1v) is 5.35. The number of rotatable bonds is 1. The highest BCUT2D eigenvalue weighted by molar-refractivity contribution is 9.10. The third kappa shape index (κ3) is 1.88. The Hall–Kier alpha value is -1.35. The number of amides is 1. The van der Waals surface area contributed by atoms with E-state index in [1.54, 1.807) is 0 Å². The highest BCUT2D eigenvalue weighted by atomic mass is 79.9. The minimum absolute atomic E-state index is 0.0358. The molecule has 0 saturated heterocycles. The smallest absolute Gasteiger partial charge is 0.233 e. The van der Waals surface area contributed by atoms with Crippen LogP contribution in [0.4, 0.5) is 5.69 Å². The number of carbonyl (C=O) groups is 1. The molecule has 76 valence electrons. The van der Waals surface area contributed by atoms with Crippen molar-refractivity contribution in [1.82, 2.24) is 0 Å². The molecular weight excluding hydrogens is 254 g/mol. The van der Waals surface area contributed by atoms with E-state index in [4.69, 9.17) is 0 Å². The first kappa shape index (κ1) is 10.2. The SMILES string of the molecule is CC(=O)N(Br)c1cccc2ccccc12. The lowest BCUT2D eigenvalue weighted by atomic mass is 10.1. The molecule has 0 heterocycles. The van der Waals surface area contributed by atoms with Gasteiger partial charge in [-0.2, -0.15) is 0 Å². The Balaban J connectivity index is 2.65. The molecule has 0 N–H and O–H groups in total. The standard InChI is InChI=1S/C12H10BrNO/c1-9(15)14(13)12-8-4-6-10-5-2-3-7-11(10)12/h2-8H,1H3. The van der Waals surface area contributed by atoms with Crippen molar-refractivity contribution < 1.29 is 4.79 Å². The Morgan fingerprint density at radius 2 is 1.80 bits per heavy atom. The van der Waals surface area contributed by atoms with Gasteiger partial charge < -0.3 is 0 Å². The normalized spacial score (nSPS) is 10.3. The molecule has 2 nitrogen and oxygen atoms in total. The monoisotopic (exact) mass is 263 g/mol. The Morgan fingerprint density at radius 3 is 2.53 bits per heavy atom. The topological polar surface area (TPSA) is 20.3 Å². The summed E-state index contributed by atoms with van der Waals surface area (Å²) < 4.78 is 1.48. The molecule has 0 bridgehead atoms. The van der Waals surface area contributed by atoms with Crippen molar-refractivity contribution in [3.63, 3.8) is 0 Å². The largest absolute Gasteiger partial charge is 0.274 e. The number of fused-ring (bicyclic) bond motifs is 1. The van der Waals surface area contributed by atoms with Gasteiger partial charge in [0.2, 0.25) is 5.91 Å². The van der Waals surface area contributed by atoms with Crippen molar-refractivity contribution in [2.75, 3.05) is 3.93 Å². The van der Waals surface area contributed by atoms with Gasteiger partial charge in [-0.1, -0.05) is 36.4 Å². The Labute approximate surface area is 96.8 Å². The van der Waals surface area contributed by atoms with Gasteiger partial charge in [0.05, 0.1) is 21.8 Å². The number of hydrogen-bond donors (Lipinski definition) is 0. The maximum Gasteiger partial charge on any atom is 0.233 e. The van der Waals surface area contributed by atoms with Crippen molar-refractivity contribution in [2.24, 2.45) is 0 Å². The number of halogens is 1. The van der Waals surface area contributed by atoms with Gasteiger partial charge >= 0.3 is 0 Å². The van der Waals surface area contributed by atoms with Crippen LogP contribution in [-0.2, 0) is 4.79 Å². The minimum Gasteiger partial charge on any atom is -0.274 e. The molecule has 0 aliphatic carbocycles. The van der Waals surface area contributed by atoms with E-state index in [1.807, 2.05) is 42.5 Å². The van der Waals surface area contributed by atoms with Gasteiger partial charge in [-0.3, -0.25) is 4.79 Å². The summed E-state index contributed by atoms with van der Waals surface area (Å²) in [7, 11) is 0. The van der Waals surface area contributed by atoms with E-state index in [0.29, 0.717) is 0 Å². The molecule has 0 spiro atoms. The lowest BCUT2D eigenvalue weighted by Gasteiger charge is -2.14. The summed E-state index contributed by atoms with van der Waals surface area (Å²) in [6, 6.07) is 13.9. The van der Waals surface area contributed by atoms with Gasteiger partial charge in [0.25, 0.3) is 0 Å². The maximum absolute atomic E-state index is 11.3. The number of benzene rings is 2. The van der Waals surface area contributed by atoms with Crippen molar-refractivity contribution in [1.29, 1.82) is 0 Å². The summed E-state index contributed by atoms with van der Waals surface area (Å²) in [6.07, 6.45) is 0. The Bertz CT molecular complexity index is 504. The highest BCUT2D eigenvalue weighted by Crippen LogP contribution is 2.28. The second-order valence-electron chi connectivity index (χ2n) is 3.30. The lowest BCUT2D eigenvalue weighted by Crippen LogP contribution is -2.15. The van der Waals surface area contributed by atoms with Crippen LogP contribution in [0.25, 0.3) is 10.8 Å². The summed E-state index contributed by atoms with van der Waals surface area (Å²) in [5.74, 6) is -0.0358. The van der Waals surface area contributed by atoms with Gasteiger partial charge in [0.15, 0.2) is 0 Å². The zero-order valence-electron chi connectivity index (χ0n) is 8.27. The number of anilines is 1. The molecule has 1 amide bonds. The quantitative estimate of drug-likeness (QED) is 0.722. The molecular formula is C12H10BrNO. The predicted molar refractivity (Wildman–Crippen MR) is 66.0 cm³/mol. The van der Waals surface area contributed by atoms with Gasteiger partial charge in [0, 0.05) is 12.3 Å². The van der Waals surface area contributed by atoms with Crippen molar-refractivity contribution in [2.45, 2.75) is 6.92 Å². The molecule has 15 heavy (non-hydrogen) atoms. The molecule has 0 unspecified atom stereocenters. The number of hydrogen-bond acceptors (Lipinski definition) is 1. The van der Waals surface area contributed by atoms with E-state index in [-0.39, 0.29) is 5.91 Å². The van der Waals surface area contributed by atoms with E-state index in [0.717, 1.165) is 16.5 Å². The molecule has 0 aliphatic rings. The average Bonchev–Trinajstić information content (AvgIpc) is 2.27. The van der Waals surface area contributed by atoms with Crippen LogP contribution in [0.2, 0.25) is 0 Å². The fraction of sp³-hybridized carbons (Fsp3) is 0.0833. The predicted octanol–water partition coefficient (Wildman–Crippen LogP) is 3.50. The van der Waals surface area contributed by atoms with Crippen LogP contribution < -0.4 is 3.93 Å². The van der Waals surface area contributed by atoms with E-state index in [1.165, 1.54) is 10.8 Å². The molecule has 2 aromatic rings. The van der Waals surface area contributed by atoms with Gasteiger partial charge in [-0.15, -0.1) is 0 Å². The summed E-state index contributed by atoms with van der Waals surface area (Å²) in [6.45, 7) is 1.52. The van der Waals surface area contributed by atoms with Crippen LogP contribution in [0.15, 0.2) is 42.5 Å². The second kappa shape index (κ2) is 4.03. The molecule has 2 rings (SSSR count). The van der Waals surface area contributed by atoms with Crippen LogP contribution in [0, 0.1) is 0 Å². The fourth-order valence-corrected chi connectivity index (χ4v) is 1.86. The van der Waals surface area contributed by atoms with Gasteiger partial charge in [-0.25, -0.2) is 3.93 Å². The molecule has 3 heteroatoms. The van der Waals surface area contributed by atoms with Crippen molar-refractivity contribution in [3.8, 4) is 0 Å². The van der Waals surface area contributed by atoms with Crippen molar-refractivity contribution >= 4 is 38.5 Å². The zero-order valence-corrected chi connectivity index (χ0v) is 9.86. The first-order chi connectivity index (χ1) is 7.20. The molecule has 0 fully saturated rings. The third-order valence-corrected chi connectivity index (χ3v) is 3.14. The van der Waals surface area contributed by atoms with Gasteiger partial charge in [0.1, 0.15) is 0 Å². The number of carbonyl (C=O) groups excluding carboxylic acids is 1. The van der Waals surface area contributed by atoms with E-state index in [9.17, 15) is 4.79 Å². The second-order valence-corrected chi connectivity index (χ2v) is 4.01. The highest BCUT2D eigenvalue weighted by Gasteiger charge is 2.10. The van der Waals surface area contributed by atoms with Crippen molar-refractivity contribution in [3.05, 3.63) is 42.5 Å². The molecule has 0 aliphatic heterocycles.